The highest BCUT2D eigenvalue weighted by Gasteiger charge is 2.22. The predicted molar refractivity (Wildman–Crippen MR) is 106 cm³/mol. The summed E-state index contributed by atoms with van der Waals surface area (Å²) in [4.78, 5) is 24.7. The van der Waals surface area contributed by atoms with Crippen LogP contribution in [0.2, 0.25) is 0 Å². The molecule has 0 aliphatic rings. The minimum atomic E-state index is -1.11. The van der Waals surface area contributed by atoms with Crippen molar-refractivity contribution in [3.8, 4) is 0 Å². The molecule has 0 saturated heterocycles. The van der Waals surface area contributed by atoms with Crippen LogP contribution in [0.1, 0.15) is 43.3 Å². The molecule has 1 atom stereocenters. The number of hydrogen-bond donors (Lipinski definition) is 1. The molecule has 0 radical (unpaired) electrons. The number of carboxylic acids is 1. The topological polar surface area (TPSA) is 54.4 Å². The molecule has 134 valence electrons. The summed E-state index contributed by atoms with van der Waals surface area (Å²) in [6, 6.07) is 23.7. The fraction of sp³-hybridized carbons (Fsp3) is 0.0833. The Kier molecular flexibility index (Phi) is 5.62. The zero-order valence-corrected chi connectivity index (χ0v) is 14.8. The van der Waals surface area contributed by atoms with Gasteiger partial charge in [0.05, 0.1) is 5.56 Å². The molecule has 0 bridgehead atoms. The quantitative estimate of drug-likeness (QED) is 0.472. The summed E-state index contributed by atoms with van der Waals surface area (Å²) >= 11 is 0. The number of allylic oxidation sites excluding steroid dienone is 1. The number of ketones is 1. The zero-order chi connectivity index (χ0) is 19.2. The van der Waals surface area contributed by atoms with Crippen LogP contribution in [0.5, 0.6) is 0 Å². The summed E-state index contributed by atoms with van der Waals surface area (Å²) in [5, 5.41) is 9.41. The molecular formula is C24H20O3. The number of carbonyl (C=O) groups is 2. The first-order valence-electron chi connectivity index (χ1n) is 8.74. The van der Waals surface area contributed by atoms with Crippen molar-refractivity contribution in [1.29, 1.82) is 0 Å². The first-order valence-corrected chi connectivity index (χ1v) is 8.74. The molecule has 0 aliphatic heterocycles. The van der Waals surface area contributed by atoms with Crippen molar-refractivity contribution in [3.05, 3.63) is 119 Å². The van der Waals surface area contributed by atoms with Crippen LogP contribution in [-0.4, -0.2) is 16.9 Å². The summed E-state index contributed by atoms with van der Waals surface area (Å²) in [5.41, 5.74) is 2.71. The van der Waals surface area contributed by atoms with Crippen LogP contribution in [0.4, 0.5) is 0 Å². The van der Waals surface area contributed by atoms with Crippen molar-refractivity contribution >= 4 is 11.8 Å². The molecule has 3 rings (SSSR count). The van der Waals surface area contributed by atoms with Gasteiger partial charge >= 0.3 is 5.97 Å². The van der Waals surface area contributed by atoms with Crippen LogP contribution < -0.4 is 0 Å². The Hall–Kier alpha value is -3.46. The van der Waals surface area contributed by atoms with Gasteiger partial charge in [-0.2, -0.15) is 0 Å². The van der Waals surface area contributed by atoms with E-state index in [4.69, 9.17) is 0 Å². The summed E-state index contributed by atoms with van der Waals surface area (Å²) < 4.78 is 0. The lowest BCUT2D eigenvalue weighted by atomic mass is 9.85. The van der Waals surface area contributed by atoms with Gasteiger partial charge in [0.1, 0.15) is 0 Å². The van der Waals surface area contributed by atoms with E-state index in [1.807, 2.05) is 48.5 Å². The van der Waals surface area contributed by atoms with E-state index in [1.54, 1.807) is 30.3 Å². The van der Waals surface area contributed by atoms with E-state index in [1.165, 1.54) is 6.07 Å². The van der Waals surface area contributed by atoms with Crippen LogP contribution in [0, 0.1) is 0 Å². The second kappa shape index (κ2) is 8.28. The maximum Gasteiger partial charge on any atom is 0.336 e. The van der Waals surface area contributed by atoms with Crippen molar-refractivity contribution < 1.29 is 14.7 Å². The van der Waals surface area contributed by atoms with Gasteiger partial charge in [0.2, 0.25) is 0 Å². The van der Waals surface area contributed by atoms with Gasteiger partial charge in [-0.25, -0.2) is 4.79 Å². The SMILES string of the molecule is C=CC(Cc1ccccc1)c1ccccc1C(=O)c1ccccc1C(=O)O. The predicted octanol–water partition coefficient (Wildman–Crippen LogP) is 5.13. The smallest absolute Gasteiger partial charge is 0.336 e. The Balaban J connectivity index is 2.02. The summed E-state index contributed by atoms with van der Waals surface area (Å²) in [5.74, 6) is -1.45. The fourth-order valence-corrected chi connectivity index (χ4v) is 3.23. The lowest BCUT2D eigenvalue weighted by molar-refractivity contribution is 0.0692. The van der Waals surface area contributed by atoms with Crippen LogP contribution in [-0.2, 0) is 6.42 Å². The number of carbonyl (C=O) groups excluding carboxylic acids is 1. The highest BCUT2D eigenvalue weighted by molar-refractivity contribution is 6.15. The molecule has 0 aromatic heterocycles. The number of aromatic carboxylic acids is 1. The van der Waals surface area contributed by atoms with Crippen LogP contribution in [0.15, 0.2) is 91.5 Å². The second-order valence-electron chi connectivity index (χ2n) is 6.30. The molecule has 0 aliphatic carbocycles. The standard InChI is InChI=1S/C24H20O3/c1-2-18(16-17-10-4-3-5-11-17)19-12-6-7-13-20(19)23(25)21-14-8-9-15-22(21)24(26)27/h2-15,18H,1,16H2,(H,26,27). The number of rotatable bonds is 7. The third kappa shape index (κ3) is 4.04. The molecule has 1 unspecified atom stereocenters. The van der Waals surface area contributed by atoms with Gasteiger partial charge in [-0.1, -0.05) is 78.9 Å². The lowest BCUT2D eigenvalue weighted by Crippen LogP contribution is -2.13. The molecule has 3 nitrogen and oxygen atoms in total. The van der Waals surface area contributed by atoms with Gasteiger partial charge in [-0.05, 0) is 23.6 Å². The van der Waals surface area contributed by atoms with Crippen LogP contribution >= 0.6 is 0 Å². The van der Waals surface area contributed by atoms with E-state index < -0.39 is 5.97 Å². The first-order chi connectivity index (χ1) is 13.1. The van der Waals surface area contributed by atoms with E-state index in [9.17, 15) is 14.7 Å². The molecule has 0 saturated carbocycles. The fourth-order valence-electron chi connectivity index (χ4n) is 3.23. The molecule has 0 spiro atoms. The molecule has 27 heavy (non-hydrogen) atoms. The average molecular weight is 356 g/mol. The van der Waals surface area contributed by atoms with Crippen molar-refractivity contribution in [2.24, 2.45) is 0 Å². The third-order valence-corrected chi connectivity index (χ3v) is 4.59. The molecule has 0 amide bonds. The molecular weight excluding hydrogens is 336 g/mol. The van der Waals surface area contributed by atoms with Crippen LogP contribution in [0.3, 0.4) is 0 Å². The van der Waals surface area contributed by atoms with Crippen LogP contribution in [0.25, 0.3) is 0 Å². The van der Waals surface area contributed by atoms with E-state index in [-0.39, 0.29) is 22.8 Å². The van der Waals surface area contributed by atoms with Gasteiger partial charge in [0, 0.05) is 17.0 Å². The summed E-state index contributed by atoms with van der Waals surface area (Å²) in [7, 11) is 0. The number of benzene rings is 3. The van der Waals surface area contributed by atoms with Gasteiger partial charge in [-0.3, -0.25) is 4.79 Å². The Morgan fingerprint density at radius 2 is 1.37 bits per heavy atom. The first kappa shape index (κ1) is 18.3. The largest absolute Gasteiger partial charge is 0.478 e. The Bertz CT molecular complexity index is 974. The summed E-state index contributed by atoms with van der Waals surface area (Å²) in [6.45, 7) is 3.95. The third-order valence-electron chi connectivity index (χ3n) is 4.59. The Labute approximate surface area is 158 Å². The minimum absolute atomic E-state index is 0.00974. The highest BCUT2D eigenvalue weighted by Crippen LogP contribution is 2.27. The maximum atomic E-state index is 13.2. The molecule has 3 aromatic rings. The number of hydrogen-bond acceptors (Lipinski definition) is 2. The van der Waals surface area contributed by atoms with Gasteiger partial charge in [0.15, 0.2) is 5.78 Å². The Morgan fingerprint density at radius 3 is 2.00 bits per heavy atom. The van der Waals surface area contributed by atoms with E-state index >= 15 is 0 Å². The molecule has 3 heteroatoms. The maximum absolute atomic E-state index is 13.2. The van der Waals surface area contributed by atoms with E-state index in [0.717, 1.165) is 17.5 Å². The van der Waals surface area contributed by atoms with Gasteiger partial charge in [-0.15, -0.1) is 6.58 Å². The Morgan fingerprint density at radius 1 is 0.815 bits per heavy atom. The number of carboxylic acid groups (broad SMARTS) is 1. The summed E-state index contributed by atoms with van der Waals surface area (Å²) in [6.07, 6.45) is 2.55. The van der Waals surface area contributed by atoms with Gasteiger partial charge in [0.25, 0.3) is 0 Å². The van der Waals surface area contributed by atoms with Gasteiger partial charge < -0.3 is 5.11 Å². The average Bonchev–Trinajstić information content (AvgIpc) is 2.72. The van der Waals surface area contributed by atoms with Crippen molar-refractivity contribution in [2.45, 2.75) is 12.3 Å². The van der Waals surface area contributed by atoms with E-state index in [0.29, 0.717) is 5.56 Å². The van der Waals surface area contributed by atoms with Crippen molar-refractivity contribution in [3.63, 3.8) is 0 Å². The normalized spacial score (nSPS) is 11.6. The van der Waals surface area contributed by atoms with E-state index in [2.05, 4.69) is 6.58 Å². The highest BCUT2D eigenvalue weighted by atomic mass is 16.4. The lowest BCUT2D eigenvalue weighted by Gasteiger charge is -2.17. The van der Waals surface area contributed by atoms with Crippen molar-refractivity contribution in [2.75, 3.05) is 0 Å². The molecule has 0 fully saturated rings. The van der Waals surface area contributed by atoms with Crippen molar-refractivity contribution in [1.82, 2.24) is 0 Å². The molecule has 1 N–H and O–H groups in total. The second-order valence-corrected chi connectivity index (χ2v) is 6.30. The monoisotopic (exact) mass is 356 g/mol. The zero-order valence-electron chi connectivity index (χ0n) is 14.8. The minimum Gasteiger partial charge on any atom is -0.478 e. The molecule has 3 aromatic carbocycles. The molecule has 0 heterocycles.